The molecular formula is C26H34N4O6S. The Morgan fingerprint density at radius 2 is 1.84 bits per heavy atom. The maximum absolute atomic E-state index is 10.6. The van der Waals surface area contributed by atoms with Gasteiger partial charge in [-0.25, -0.2) is 4.99 Å². The smallest absolute Gasteiger partial charge is 0.244 e. The van der Waals surface area contributed by atoms with Crippen LogP contribution >= 0.6 is 11.8 Å². The first-order valence-corrected chi connectivity index (χ1v) is 12.7. The third kappa shape index (κ3) is 9.52. The van der Waals surface area contributed by atoms with E-state index in [1.165, 1.54) is 18.7 Å². The van der Waals surface area contributed by atoms with E-state index in [1.807, 2.05) is 48.7 Å². The molecule has 0 bridgehead atoms. The van der Waals surface area contributed by atoms with Crippen molar-refractivity contribution in [2.75, 3.05) is 54.3 Å². The van der Waals surface area contributed by atoms with Gasteiger partial charge in [0.15, 0.2) is 11.5 Å². The lowest BCUT2D eigenvalue weighted by atomic mass is 10.1. The Morgan fingerprint density at radius 1 is 1.11 bits per heavy atom. The predicted molar refractivity (Wildman–Crippen MR) is 148 cm³/mol. The number of benzene rings is 2. The van der Waals surface area contributed by atoms with Gasteiger partial charge in [-0.05, 0) is 18.4 Å². The van der Waals surface area contributed by atoms with Crippen LogP contribution in [0, 0.1) is 0 Å². The van der Waals surface area contributed by atoms with Crippen molar-refractivity contribution in [1.29, 1.82) is 0 Å². The van der Waals surface area contributed by atoms with Crippen molar-refractivity contribution in [2.24, 2.45) is 20.7 Å². The van der Waals surface area contributed by atoms with Crippen LogP contribution in [0.3, 0.4) is 0 Å². The molecular weight excluding hydrogens is 496 g/mol. The standard InChI is InChI=1S/C17H24N2O5S.C9H10N2O/c1-18-15(17(25-4)19-10-22-11-20-2)12-8-13(21-3)16-14(9-12)23-6-5-7-24-16;1-7(12)11-9(10)8-5-3-2-4-6-8/h8-9H,5-7,10-11H2,1-4H3;2-6H,1H3,(H2,10,11,12)/b18-15?,19-17-;. The van der Waals surface area contributed by atoms with Gasteiger partial charge >= 0.3 is 0 Å². The Bertz CT molecular complexity index is 1110. The van der Waals surface area contributed by atoms with Gasteiger partial charge in [-0.2, -0.15) is 4.99 Å². The number of nitrogens with two attached hydrogens (primary N) is 1. The zero-order valence-corrected chi connectivity index (χ0v) is 22.7. The average molecular weight is 531 g/mol. The minimum atomic E-state index is -0.281. The number of nitrogens with zero attached hydrogens (tertiary/aromatic N) is 3. The third-order valence-electron chi connectivity index (χ3n) is 4.77. The first-order chi connectivity index (χ1) is 17.9. The van der Waals surface area contributed by atoms with E-state index < -0.39 is 0 Å². The van der Waals surface area contributed by atoms with Gasteiger partial charge in [0, 0.05) is 38.6 Å². The van der Waals surface area contributed by atoms with Crippen molar-refractivity contribution in [3.63, 3.8) is 0 Å². The SMILES string of the molecule is CC(=O)N=C(N)c1ccccc1.CN=C(/C(=N/COCOC)SC)c1cc(OC)c2c(c1)OCCCO2. The van der Waals surface area contributed by atoms with Crippen molar-refractivity contribution in [2.45, 2.75) is 13.3 Å². The molecule has 0 atom stereocenters. The van der Waals surface area contributed by atoms with Crippen LogP contribution in [0.4, 0.5) is 0 Å². The van der Waals surface area contributed by atoms with E-state index in [0.29, 0.717) is 30.5 Å². The number of aliphatic imine (C=N–C) groups is 3. The molecule has 2 N–H and O–H groups in total. The van der Waals surface area contributed by atoms with Crippen LogP contribution in [0.1, 0.15) is 24.5 Å². The fourth-order valence-corrected chi connectivity index (χ4v) is 3.77. The maximum atomic E-state index is 10.6. The van der Waals surface area contributed by atoms with E-state index in [-0.39, 0.29) is 25.3 Å². The van der Waals surface area contributed by atoms with Crippen molar-refractivity contribution < 1.29 is 28.5 Å². The topological polar surface area (TPSA) is 126 Å². The quantitative estimate of drug-likeness (QED) is 0.238. The summed E-state index contributed by atoms with van der Waals surface area (Å²) in [6.45, 7) is 2.97. The minimum Gasteiger partial charge on any atom is -0.493 e. The van der Waals surface area contributed by atoms with Gasteiger partial charge in [0.05, 0.1) is 26.0 Å². The molecule has 1 heterocycles. The van der Waals surface area contributed by atoms with Gasteiger partial charge in [0.1, 0.15) is 24.4 Å². The average Bonchev–Trinajstić information content (AvgIpc) is 3.16. The molecule has 2 aromatic rings. The molecule has 0 aliphatic carbocycles. The molecule has 200 valence electrons. The Morgan fingerprint density at radius 3 is 2.46 bits per heavy atom. The number of amides is 1. The highest BCUT2D eigenvalue weighted by molar-refractivity contribution is 8.15. The van der Waals surface area contributed by atoms with Gasteiger partial charge in [0.2, 0.25) is 11.7 Å². The number of carbonyl (C=O) groups is 1. The summed E-state index contributed by atoms with van der Waals surface area (Å²) in [5.74, 6) is 1.89. The van der Waals surface area contributed by atoms with Crippen LogP contribution in [0.2, 0.25) is 0 Å². The molecule has 37 heavy (non-hydrogen) atoms. The minimum absolute atomic E-state index is 0.196. The second kappa shape index (κ2) is 16.4. The molecule has 0 fully saturated rings. The molecule has 3 rings (SSSR count). The van der Waals surface area contributed by atoms with Gasteiger partial charge in [-0.15, -0.1) is 11.8 Å². The summed E-state index contributed by atoms with van der Waals surface area (Å²) < 4.78 is 27.2. The lowest BCUT2D eigenvalue weighted by Gasteiger charge is -2.15. The highest BCUT2D eigenvalue weighted by Gasteiger charge is 2.21. The Hall–Kier alpha value is -3.41. The number of hydrogen-bond donors (Lipinski definition) is 1. The van der Waals surface area contributed by atoms with Crippen molar-refractivity contribution in [3.05, 3.63) is 53.6 Å². The first kappa shape index (κ1) is 29.8. The zero-order chi connectivity index (χ0) is 27.0. The van der Waals surface area contributed by atoms with Crippen molar-refractivity contribution in [1.82, 2.24) is 0 Å². The summed E-state index contributed by atoms with van der Waals surface area (Å²) in [6, 6.07) is 13.0. The number of ether oxygens (including phenoxy) is 5. The molecule has 1 amide bonds. The van der Waals surface area contributed by atoms with Crippen LogP contribution < -0.4 is 19.9 Å². The monoisotopic (exact) mass is 530 g/mol. The number of fused-ring (bicyclic) bond motifs is 1. The second-order valence-electron chi connectivity index (χ2n) is 7.42. The van der Waals surface area contributed by atoms with Crippen molar-refractivity contribution >= 4 is 34.3 Å². The molecule has 1 aliphatic rings. The number of rotatable bonds is 8. The third-order valence-corrected chi connectivity index (χ3v) is 5.48. The fraction of sp³-hybridized carbons (Fsp3) is 0.385. The van der Waals surface area contributed by atoms with E-state index in [9.17, 15) is 4.79 Å². The predicted octanol–water partition coefficient (Wildman–Crippen LogP) is 3.55. The summed E-state index contributed by atoms with van der Waals surface area (Å²) in [5, 5.41) is 0.759. The molecule has 0 radical (unpaired) electrons. The van der Waals surface area contributed by atoms with E-state index in [2.05, 4.69) is 15.0 Å². The highest BCUT2D eigenvalue weighted by Crippen LogP contribution is 2.40. The number of amidine groups is 1. The highest BCUT2D eigenvalue weighted by atomic mass is 32.2. The summed E-state index contributed by atoms with van der Waals surface area (Å²) in [6.07, 6.45) is 2.77. The normalized spacial score (nSPS) is 13.8. The molecule has 2 aromatic carbocycles. The number of methoxy groups -OCH3 is 2. The van der Waals surface area contributed by atoms with E-state index in [0.717, 1.165) is 28.3 Å². The molecule has 0 saturated heterocycles. The van der Waals surface area contributed by atoms with Crippen LogP contribution in [0.25, 0.3) is 0 Å². The van der Waals surface area contributed by atoms with Crippen LogP contribution in [0.15, 0.2) is 57.4 Å². The largest absolute Gasteiger partial charge is 0.493 e. The van der Waals surface area contributed by atoms with E-state index >= 15 is 0 Å². The lowest BCUT2D eigenvalue weighted by molar-refractivity contribution is -0.115. The Balaban J connectivity index is 0.000000335. The number of thioether (sulfide) groups is 1. The van der Waals surface area contributed by atoms with Gasteiger partial charge in [-0.3, -0.25) is 9.79 Å². The molecule has 1 aliphatic heterocycles. The Labute approximate surface area is 221 Å². The van der Waals surface area contributed by atoms with Gasteiger partial charge in [-0.1, -0.05) is 30.3 Å². The van der Waals surface area contributed by atoms with Crippen LogP contribution in [0.5, 0.6) is 17.2 Å². The van der Waals surface area contributed by atoms with Gasteiger partial charge < -0.3 is 29.4 Å². The van der Waals surface area contributed by atoms with Gasteiger partial charge in [0.25, 0.3) is 0 Å². The molecule has 0 aromatic heterocycles. The molecule has 11 heteroatoms. The van der Waals surface area contributed by atoms with E-state index in [1.54, 1.807) is 21.3 Å². The van der Waals surface area contributed by atoms with Crippen LogP contribution in [-0.4, -0.2) is 76.8 Å². The van der Waals surface area contributed by atoms with Crippen molar-refractivity contribution in [3.8, 4) is 17.2 Å². The lowest BCUT2D eigenvalue weighted by Crippen LogP contribution is -2.14. The number of carbonyl (C=O) groups excluding carboxylic acids is 1. The summed E-state index contributed by atoms with van der Waals surface area (Å²) in [4.78, 5) is 23.0. The van der Waals surface area contributed by atoms with E-state index in [4.69, 9.17) is 29.4 Å². The molecule has 0 unspecified atom stereocenters. The first-order valence-electron chi connectivity index (χ1n) is 11.5. The fourth-order valence-electron chi connectivity index (χ4n) is 3.18. The summed E-state index contributed by atoms with van der Waals surface area (Å²) in [7, 11) is 4.91. The summed E-state index contributed by atoms with van der Waals surface area (Å²) >= 11 is 1.50. The zero-order valence-electron chi connectivity index (χ0n) is 21.9. The Kier molecular flexibility index (Phi) is 13.2. The number of hydrogen-bond acceptors (Lipinski definition) is 9. The second-order valence-corrected chi connectivity index (χ2v) is 8.21. The molecule has 0 saturated carbocycles. The maximum Gasteiger partial charge on any atom is 0.244 e. The van der Waals surface area contributed by atoms with Crippen LogP contribution in [-0.2, 0) is 14.3 Å². The molecule has 10 nitrogen and oxygen atoms in total. The molecule has 0 spiro atoms. The summed E-state index contributed by atoms with van der Waals surface area (Å²) in [5.41, 5.74) is 7.88.